The third-order valence-electron chi connectivity index (χ3n) is 6.93. The third-order valence-corrected chi connectivity index (χ3v) is 6.93. The number of amides is 1. The van der Waals surface area contributed by atoms with Crippen LogP contribution in [0.5, 0.6) is 5.75 Å². The van der Waals surface area contributed by atoms with Crippen molar-refractivity contribution in [3.05, 3.63) is 35.2 Å². The molecule has 0 saturated carbocycles. The number of benzene rings is 1. The van der Waals surface area contributed by atoms with Crippen LogP contribution in [0.3, 0.4) is 0 Å². The van der Waals surface area contributed by atoms with Crippen molar-refractivity contribution >= 4 is 11.9 Å². The van der Waals surface area contributed by atoms with Gasteiger partial charge in [-0.2, -0.15) is 4.98 Å². The second-order valence-corrected chi connectivity index (χ2v) is 9.84. The Bertz CT molecular complexity index is 912. The van der Waals surface area contributed by atoms with E-state index in [9.17, 15) is 4.79 Å². The number of carbonyl (C=O) groups is 1. The number of nitrogens with zero attached hydrogens (tertiary/aromatic N) is 4. The zero-order chi connectivity index (χ0) is 23.2. The molecule has 0 atom stereocenters. The predicted octanol–water partition coefficient (Wildman–Crippen LogP) is 5.20. The molecule has 0 N–H and O–H groups in total. The summed E-state index contributed by atoms with van der Waals surface area (Å²) in [5, 5.41) is 4.08. The van der Waals surface area contributed by atoms with Crippen molar-refractivity contribution in [2.45, 2.75) is 71.6 Å². The lowest BCUT2D eigenvalue weighted by Crippen LogP contribution is -2.35. The van der Waals surface area contributed by atoms with E-state index in [-0.39, 0.29) is 11.8 Å². The summed E-state index contributed by atoms with van der Waals surface area (Å²) in [5.74, 6) is 2.79. The zero-order valence-electron chi connectivity index (χ0n) is 20.4. The van der Waals surface area contributed by atoms with Gasteiger partial charge in [0.1, 0.15) is 5.75 Å². The van der Waals surface area contributed by atoms with Crippen molar-refractivity contribution in [2.24, 2.45) is 5.92 Å². The van der Waals surface area contributed by atoms with Gasteiger partial charge in [-0.05, 0) is 81.5 Å². The van der Waals surface area contributed by atoms with E-state index in [1.807, 2.05) is 30.0 Å². The first-order valence-electron chi connectivity index (χ1n) is 12.6. The summed E-state index contributed by atoms with van der Waals surface area (Å²) in [7, 11) is 0. The SMILES string of the molecule is Cc1cc(OCCCC2CCN(c3nc(C(C)C)no3)CC2)ccc1C(=O)N1CCCCC1. The Labute approximate surface area is 197 Å². The Morgan fingerprint density at radius 3 is 2.58 bits per heavy atom. The van der Waals surface area contributed by atoms with Gasteiger partial charge in [-0.15, -0.1) is 0 Å². The lowest BCUT2D eigenvalue weighted by molar-refractivity contribution is 0.0723. The molecule has 0 spiro atoms. The molecule has 1 aromatic carbocycles. The number of hydrogen-bond donors (Lipinski definition) is 0. The molecular weight excluding hydrogens is 416 g/mol. The molecule has 4 rings (SSSR count). The summed E-state index contributed by atoms with van der Waals surface area (Å²) in [6.07, 6.45) is 7.95. The minimum absolute atomic E-state index is 0.158. The number of likely N-dealkylation sites (tertiary alicyclic amines) is 1. The first-order chi connectivity index (χ1) is 16.0. The second kappa shape index (κ2) is 11.0. The fourth-order valence-corrected chi connectivity index (χ4v) is 4.80. The van der Waals surface area contributed by atoms with Crippen LogP contribution in [-0.4, -0.2) is 53.7 Å². The number of hydrogen-bond acceptors (Lipinski definition) is 6. The summed E-state index contributed by atoms with van der Waals surface area (Å²) < 4.78 is 11.4. The number of aromatic nitrogens is 2. The fourth-order valence-electron chi connectivity index (χ4n) is 4.80. The molecular formula is C26H38N4O3. The number of rotatable bonds is 8. The molecule has 2 aliphatic rings. The summed E-state index contributed by atoms with van der Waals surface area (Å²) in [6.45, 7) is 10.6. The Hall–Kier alpha value is -2.57. The highest BCUT2D eigenvalue weighted by molar-refractivity contribution is 5.95. The van der Waals surface area contributed by atoms with E-state index in [0.717, 1.165) is 81.0 Å². The van der Waals surface area contributed by atoms with Crippen LogP contribution in [0.1, 0.15) is 86.5 Å². The van der Waals surface area contributed by atoms with Crippen LogP contribution in [-0.2, 0) is 0 Å². The Kier molecular flexibility index (Phi) is 7.89. The van der Waals surface area contributed by atoms with E-state index in [4.69, 9.17) is 9.26 Å². The van der Waals surface area contributed by atoms with E-state index < -0.39 is 0 Å². The van der Waals surface area contributed by atoms with Gasteiger partial charge in [0.25, 0.3) is 5.91 Å². The average molecular weight is 455 g/mol. The summed E-state index contributed by atoms with van der Waals surface area (Å²) in [5.41, 5.74) is 1.80. The monoisotopic (exact) mass is 454 g/mol. The van der Waals surface area contributed by atoms with Gasteiger partial charge in [0.2, 0.25) is 0 Å². The maximum Gasteiger partial charge on any atom is 0.324 e. The number of aryl methyl sites for hydroxylation is 1. The highest BCUT2D eigenvalue weighted by Gasteiger charge is 2.23. The van der Waals surface area contributed by atoms with Crippen molar-refractivity contribution in [3.63, 3.8) is 0 Å². The minimum Gasteiger partial charge on any atom is -0.494 e. The molecule has 7 nitrogen and oxygen atoms in total. The molecule has 1 amide bonds. The number of ether oxygens (including phenoxy) is 1. The first kappa shape index (κ1) is 23.6. The van der Waals surface area contributed by atoms with Gasteiger partial charge in [0, 0.05) is 37.7 Å². The number of anilines is 1. The van der Waals surface area contributed by atoms with E-state index >= 15 is 0 Å². The molecule has 2 saturated heterocycles. The second-order valence-electron chi connectivity index (χ2n) is 9.84. The van der Waals surface area contributed by atoms with Crippen LogP contribution in [0.25, 0.3) is 0 Å². The maximum absolute atomic E-state index is 12.8. The Morgan fingerprint density at radius 2 is 1.91 bits per heavy atom. The van der Waals surface area contributed by atoms with Crippen LogP contribution >= 0.6 is 0 Å². The molecule has 1 aromatic heterocycles. The van der Waals surface area contributed by atoms with Crippen LogP contribution in [0.4, 0.5) is 6.01 Å². The van der Waals surface area contributed by atoms with Crippen molar-refractivity contribution in [2.75, 3.05) is 37.7 Å². The van der Waals surface area contributed by atoms with E-state index in [1.165, 1.54) is 12.8 Å². The van der Waals surface area contributed by atoms with Gasteiger partial charge in [-0.25, -0.2) is 0 Å². The molecule has 0 radical (unpaired) electrons. The van der Waals surface area contributed by atoms with Crippen LogP contribution in [0.15, 0.2) is 22.7 Å². The number of carbonyl (C=O) groups excluding carboxylic acids is 1. The Morgan fingerprint density at radius 1 is 1.15 bits per heavy atom. The van der Waals surface area contributed by atoms with Crippen molar-refractivity contribution in [3.8, 4) is 5.75 Å². The van der Waals surface area contributed by atoms with Crippen molar-refractivity contribution in [1.29, 1.82) is 0 Å². The molecule has 3 heterocycles. The first-order valence-corrected chi connectivity index (χ1v) is 12.6. The lowest BCUT2D eigenvalue weighted by atomic mass is 9.92. The molecule has 180 valence electrons. The van der Waals surface area contributed by atoms with E-state index in [2.05, 4.69) is 28.9 Å². The summed E-state index contributed by atoms with van der Waals surface area (Å²) >= 11 is 0. The van der Waals surface area contributed by atoms with Crippen LogP contribution in [0, 0.1) is 12.8 Å². The minimum atomic E-state index is 0.158. The standard InChI is InChI=1S/C26H38N4O3/c1-19(2)24-27-26(33-28-24)30-15-11-21(12-16-30)8-7-17-32-22-9-10-23(20(3)18-22)25(31)29-13-5-4-6-14-29/h9-10,18-19,21H,4-8,11-17H2,1-3H3. The quantitative estimate of drug-likeness (QED) is 0.510. The molecule has 0 aliphatic carbocycles. The Balaban J connectivity index is 1.17. The topological polar surface area (TPSA) is 71.7 Å². The zero-order valence-corrected chi connectivity index (χ0v) is 20.4. The molecule has 2 fully saturated rings. The van der Waals surface area contributed by atoms with Gasteiger partial charge >= 0.3 is 6.01 Å². The largest absolute Gasteiger partial charge is 0.494 e. The lowest BCUT2D eigenvalue weighted by Gasteiger charge is -2.30. The highest BCUT2D eigenvalue weighted by atomic mass is 16.5. The molecule has 33 heavy (non-hydrogen) atoms. The van der Waals surface area contributed by atoms with Crippen molar-refractivity contribution in [1.82, 2.24) is 15.0 Å². The molecule has 2 aromatic rings. The maximum atomic E-state index is 12.8. The van der Waals surface area contributed by atoms with Gasteiger partial charge in [0.05, 0.1) is 6.61 Å². The molecule has 0 unspecified atom stereocenters. The predicted molar refractivity (Wildman–Crippen MR) is 129 cm³/mol. The van der Waals surface area contributed by atoms with Gasteiger partial charge in [0.15, 0.2) is 5.82 Å². The summed E-state index contributed by atoms with van der Waals surface area (Å²) in [4.78, 5) is 21.5. The normalized spacial score (nSPS) is 17.6. The highest BCUT2D eigenvalue weighted by Crippen LogP contribution is 2.26. The van der Waals surface area contributed by atoms with Gasteiger partial charge in [-0.3, -0.25) is 4.79 Å². The van der Waals surface area contributed by atoms with Crippen LogP contribution in [0.2, 0.25) is 0 Å². The van der Waals surface area contributed by atoms with E-state index in [0.29, 0.717) is 18.5 Å². The average Bonchev–Trinajstić information content (AvgIpc) is 3.33. The van der Waals surface area contributed by atoms with Gasteiger partial charge in [-0.1, -0.05) is 19.0 Å². The molecule has 0 bridgehead atoms. The molecule has 2 aliphatic heterocycles. The molecule has 7 heteroatoms. The number of piperidine rings is 2. The third kappa shape index (κ3) is 6.06. The van der Waals surface area contributed by atoms with Crippen LogP contribution < -0.4 is 9.64 Å². The van der Waals surface area contributed by atoms with Gasteiger partial charge < -0.3 is 19.1 Å². The summed E-state index contributed by atoms with van der Waals surface area (Å²) in [6, 6.07) is 6.54. The van der Waals surface area contributed by atoms with E-state index in [1.54, 1.807) is 0 Å². The smallest absolute Gasteiger partial charge is 0.324 e. The fraction of sp³-hybridized carbons (Fsp3) is 0.654. The van der Waals surface area contributed by atoms with Crippen molar-refractivity contribution < 1.29 is 14.1 Å².